The van der Waals surface area contributed by atoms with Crippen molar-refractivity contribution in [1.29, 1.82) is 0 Å². The second-order valence-electron chi connectivity index (χ2n) is 7.93. The lowest BCUT2D eigenvalue weighted by Gasteiger charge is -2.27. The molecule has 0 saturated carbocycles. The Morgan fingerprint density at radius 2 is 1.21 bits per heavy atom. The second-order valence-corrected chi connectivity index (χ2v) is 7.93. The lowest BCUT2D eigenvalue weighted by Crippen LogP contribution is -2.38. The first-order chi connectivity index (χ1) is 13.6. The van der Waals surface area contributed by atoms with Gasteiger partial charge in [0.2, 0.25) is 0 Å². The number of Topliss-reactive ketones (excluding diaryl/α,β-unsaturated/α-hetero) is 1. The second kappa shape index (κ2) is 11.8. The van der Waals surface area contributed by atoms with Crippen molar-refractivity contribution >= 4 is 5.78 Å². The largest absolute Gasteiger partial charge is 0.382 e. The van der Waals surface area contributed by atoms with Crippen molar-refractivity contribution in [3.63, 3.8) is 0 Å². The molecule has 2 nitrogen and oxygen atoms in total. The zero-order valence-electron chi connectivity index (χ0n) is 17.6. The Balaban J connectivity index is 2.10. The standard InChI is InChI=1S/C26H36O2/c1-3-5-7-12-20-26(28,21-13-8-6-4-2)25(27)24-18-16-23(17-19-24)22-14-10-9-11-15-22/h9-11,14-19,28H,3-8,12-13,20-21H2,1-2H3. The van der Waals surface area contributed by atoms with Crippen LogP contribution >= 0.6 is 0 Å². The maximum atomic E-state index is 13.2. The first-order valence-corrected chi connectivity index (χ1v) is 11.0. The molecule has 2 aromatic rings. The van der Waals surface area contributed by atoms with E-state index in [1.807, 2.05) is 42.5 Å². The zero-order valence-corrected chi connectivity index (χ0v) is 17.6. The van der Waals surface area contributed by atoms with E-state index in [0.29, 0.717) is 18.4 Å². The van der Waals surface area contributed by atoms with E-state index in [1.165, 1.54) is 0 Å². The van der Waals surface area contributed by atoms with Gasteiger partial charge in [-0.05, 0) is 24.0 Å². The fraction of sp³-hybridized carbons (Fsp3) is 0.500. The number of carbonyl (C=O) groups is 1. The maximum absolute atomic E-state index is 13.2. The quantitative estimate of drug-likeness (QED) is 0.294. The molecule has 0 radical (unpaired) electrons. The van der Waals surface area contributed by atoms with E-state index in [2.05, 4.69) is 26.0 Å². The van der Waals surface area contributed by atoms with Crippen molar-refractivity contribution in [2.75, 3.05) is 0 Å². The fourth-order valence-electron chi connectivity index (χ4n) is 3.75. The van der Waals surface area contributed by atoms with Crippen molar-refractivity contribution in [1.82, 2.24) is 0 Å². The molecule has 2 aromatic carbocycles. The number of ketones is 1. The smallest absolute Gasteiger partial charge is 0.194 e. The van der Waals surface area contributed by atoms with Crippen molar-refractivity contribution in [3.05, 3.63) is 60.2 Å². The van der Waals surface area contributed by atoms with Gasteiger partial charge in [0.05, 0.1) is 0 Å². The highest BCUT2D eigenvalue weighted by Gasteiger charge is 2.35. The summed E-state index contributed by atoms with van der Waals surface area (Å²) in [6.07, 6.45) is 9.74. The lowest BCUT2D eigenvalue weighted by molar-refractivity contribution is 0.0197. The van der Waals surface area contributed by atoms with E-state index in [1.54, 1.807) is 0 Å². The van der Waals surface area contributed by atoms with Gasteiger partial charge in [-0.15, -0.1) is 0 Å². The third-order valence-corrected chi connectivity index (χ3v) is 5.56. The molecule has 28 heavy (non-hydrogen) atoms. The molecule has 0 aliphatic carbocycles. The van der Waals surface area contributed by atoms with E-state index in [0.717, 1.165) is 62.5 Å². The van der Waals surface area contributed by atoms with Crippen molar-refractivity contribution in [2.45, 2.75) is 83.7 Å². The Labute approximate surface area is 171 Å². The van der Waals surface area contributed by atoms with Crippen LogP contribution in [0.25, 0.3) is 11.1 Å². The van der Waals surface area contributed by atoms with Gasteiger partial charge in [-0.3, -0.25) is 4.79 Å². The van der Waals surface area contributed by atoms with Gasteiger partial charge < -0.3 is 5.11 Å². The maximum Gasteiger partial charge on any atom is 0.194 e. The van der Waals surface area contributed by atoms with Crippen LogP contribution in [0, 0.1) is 0 Å². The number of hydrogen-bond acceptors (Lipinski definition) is 2. The van der Waals surface area contributed by atoms with Gasteiger partial charge >= 0.3 is 0 Å². The molecular weight excluding hydrogens is 344 g/mol. The summed E-state index contributed by atoms with van der Waals surface area (Å²) < 4.78 is 0. The van der Waals surface area contributed by atoms with Gasteiger partial charge in [-0.2, -0.15) is 0 Å². The first-order valence-electron chi connectivity index (χ1n) is 11.0. The molecule has 0 spiro atoms. The van der Waals surface area contributed by atoms with Crippen LogP contribution in [-0.2, 0) is 0 Å². The molecule has 0 saturated heterocycles. The van der Waals surface area contributed by atoms with Crippen LogP contribution in [0.4, 0.5) is 0 Å². The van der Waals surface area contributed by atoms with Crippen LogP contribution in [0.5, 0.6) is 0 Å². The van der Waals surface area contributed by atoms with Crippen LogP contribution in [-0.4, -0.2) is 16.5 Å². The number of carbonyl (C=O) groups excluding carboxylic acids is 1. The molecule has 1 N–H and O–H groups in total. The minimum absolute atomic E-state index is 0.111. The van der Waals surface area contributed by atoms with E-state index in [9.17, 15) is 9.90 Å². The monoisotopic (exact) mass is 380 g/mol. The molecule has 0 atom stereocenters. The van der Waals surface area contributed by atoms with Gasteiger partial charge in [0.1, 0.15) is 5.60 Å². The molecule has 0 unspecified atom stereocenters. The summed E-state index contributed by atoms with van der Waals surface area (Å²) in [5.74, 6) is -0.111. The van der Waals surface area contributed by atoms with Gasteiger partial charge in [-0.25, -0.2) is 0 Å². The van der Waals surface area contributed by atoms with Crippen LogP contribution < -0.4 is 0 Å². The lowest BCUT2D eigenvalue weighted by atomic mass is 9.83. The normalized spacial score (nSPS) is 11.5. The van der Waals surface area contributed by atoms with E-state index >= 15 is 0 Å². The molecule has 152 valence electrons. The Morgan fingerprint density at radius 3 is 1.71 bits per heavy atom. The van der Waals surface area contributed by atoms with E-state index < -0.39 is 5.60 Å². The summed E-state index contributed by atoms with van der Waals surface area (Å²) in [7, 11) is 0. The Bertz CT molecular complexity index is 676. The van der Waals surface area contributed by atoms with Crippen LogP contribution in [0.15, 0.2) is 54.6 Å². The van der Waals surface area contributed by atoms with E-state index in [-0.39, 0.29) is 5.78 Å². The van der Waals surface area contributed by atoms with Gasteiger partial charge in [0.25, 0.3) is 0 Å². The summed E-state index contributed by atoms with van der Waals surface area (Å²) in [4.78, 5) is 13.2. The fourth-order valence-corrected chi connectivity index (χ4v) is 3.75. The van der Waals surface area contributed by atoms with Crippen molar-refractivity contribution in [2.24, 2.45) is 0 Å². The third kappa shape index (κ3) is 6.60. The minimum atomic E-state index is -1.23. The van der Waals surface area contributed by atoms with Crippen LogP contribution in [0.1, 0.15) is 88.4 Å². The van der Waals surface area contributed by atoms with Gasteiger partial charge in [0.15, 0.2) is 5.78 Å². The SMILES string of the molecule is CCCCCCC(O)(CCCCCC)C(=O)c1ccc(-c2ccccc2)cc1. The summed E-state index contributed by atoms with van der Waals surface area (Å²) in [6.45, 7) is 4.35. The molecule has 0 fully saturated rings. The third-order valence-electron chi connectivity index (χ3n) is 5.56. The molecule has 0 heterocycles. The van der Waals surface area contributed by atoms with Crippen LogP contribution in [0.2, 0.25) is 0 Å². The highest BCUT2D eigenvalue weighted by molar-refractivity contribution is 6.02. The Morgan fingerprint density at radius 1 is 0.714 bits per heavy atom. The predicted octanol–water partition coefficient (Wildman–Crippen LogP) is 7.21. The first kappa shape index (κ1) is 22.4. The molecule has 0 aromatic heterocycles. The molecule has 2 heteroatoms. The predicted molar refractivity (Wildman–Crippen MR) is 119 cm³/mol. The number of aliphatic hydroxyl groups is 1. The van der Waals surface area contributed by atoms with Gasteiger partial charge in [0, 0.05) is 5.56 Å². The average molecular weight is 381 g/mol. The van der Waals surface area contributed by atoms with Gasteiger partial charge in [-0.1, -0.05) is 120 Å². The Kier molecular flexibility index (Phi) is 9.43. The topological polar surface area (TPSA) is 37.3 Å². The number of hydrogen-bond donors (Lipinski definition) is 1. The van der Waals surface area contributed by atoms with Crippen LogP contribution in [0.3, 0.4) is 0 Å². The zero-order chi connectivity index (χ0) is 20.2. The highest BCUT2D eigenvalue weighted by atomic mass is 16.3. The average Bonchev–Trinajstić information content (AvgIpc) is 2.74. The highest BCUT2D eigenvalue weighted by Crippen LogP contribution is 2.28. The number of unbranched alkanes of at least 4 members (excludes halogenated alkanes) is 6. The molecule has 0 amide bonds. The molecule has 0 aliphatic rings. The van der Waals surface area contributed by atoms with Crippen molar-refractivity contribution in [3.8, 4) is 11.1 Å². The molecule has 2 rings (SSSR count). The summed E-state index contributed by atoms with van der Waals surface area (Å²) in [6, 6.07) is 17.9. The van der Waals surface area contributed by atoms with Crippen molar-refractivity contribution < 1.29 is 9.90 Å². The Hall–Kier alpha value is -1.93. The minimum Gasteiger partial charge on any atom is -0.382 e. The summed E-state index contributed by atoms with van der Waals surface area (Å²) in [5.41, 5.74) is 1.62. The molecular formula is C26H36O2. The number of benzene rings is 2. The summed E-state index contributed by atoms with van der Waals surface area (Å²) >= 11 is 0. The van der Waals surface area contributed by atoms with E-state index in [4.69, 9.17) is 0 Å². The molecule has 0 bridgehead atoms. The summed E-state index contributed by atoms with van der Waals surface area (Å²) in [5, 5.41) is 11.3. The number of rotatable bonds is 13. The molecule has 0 aliphatic heterocycles.